The highest BCUT2D eigenvalue weighted by atomic mass is 19.2. The van der Waals surface area contributed by atoms with Gasteiger partial charge in [-0.25, -0.2) is 8.78 Å². The van der Waals surface area contributed by atoms with E-state index in [1.54, 1.807) is 13.8 Å². The molecule has 0 aliphatic rings. The van der Waals surface area contributed by atoms with Crippen LogP contribution in [-0.2, 0) is 11.2 Å². The van der Waals surface area contributed by atoms with E-state index in [1.165, 1.54) is 6.07 Å². The molecule has 1 amide bonds. The smallest absolute Gasteiger partial charge is 0.224 e. The average Bonchev–Trinajstić information content (AvgIpc) is 2.40. The number of oxime groups is 1. The maximum atomic E-state index is 13.0. The van der Waals surface area contributed by atoms with Crippen molar-refractivity contribution in [3.8, 4) is 0 Å². The minimum atomic E-state index is -0.993. The van der Waals surface area contributed by atoms with Crippen molar-refractivity contribution in [1.29, 1.82) is 0 Å². The van der Waals surface area contributed by atoms with Gasteiger partial charge in [-0.15, -0.1) is 0 Å². The molecule has 0 radical (unpaired) electrons. The Hall–Kier alpha value is -2.18. The van der Waals surface area contributed by atoms with Crippen LogP contribution >= 0.6 is 0 Å². The highest BCUT2D eigenvalue weighted by Gasteiger charge is 2.24. The molecule has 0 aliphatic heterocycles. The first-order valence-electron chi connectivity index (χ1n) is 5.95. The molecule has 0 bridgehead atoms. The van der Waals surface area contributed by atoms with E-state index in [2.05, 4.69) is 10.5 Å². The Morgan fingerprint density at radius 1 is 1.40 bits per heavy atom. The zero-order valence-electron chi connectivity index (χ0n) is 11.3. The van der Waals surface area contributed by atoms with Crippen LogP contribution in [0.25, 0.3) is 0 Å². The third kappa shape index (κ3) is 4.18. The molecule has 0 heterocycles. The topological polar surface area (TPSA) is 87.7 Å². The molecule has 0 spiro atoms. The Bertz CT molecular complexity index is 530. The van der Waals surface area contributed by atoms with E-state index in [-0.39, 0.29) is 24.7 Å². The summed E-state index contributed by atoms with van der Waals surface area (Å²) < 4.78 is 25.7. The number of hydrogen-bond donors (Lipinski definition) is 3. The van der Waals surface area contributed by atoms with Gasteiger partial charge in [-0.2, -0.15) is 0 Å². The first-order chi connectivity index (χ1) is 9.26. The summed E-state index contributed by atoms with van der Waals surface area (Å²) in [4.78, 5) is 11.7. The summed E-state index contributed by atoms with van der Waals surface area (Å²) in [5.74, 6) is -2.32. The molecule has 4 N–H and O–H groups in total. The predicted octanol–water partition coefficient (Wildman–Crippen LogP) is 1.40. The zero-order chi connectivity index (χ0) is 15.3. The largest absolute Gasteiger partial charge is 0.409 e. The third-order valence-corrected chi connectivity index (χ3v) is 2.88. The number of halogens is 2. The van der Waals surface area contributed by atoms with E-state index in [9.17, 15) is 13.6 Å². The maximum Gasteiger partial charge on any atom is 0.224 e. The molecule has 110 valence electrons. The van der Waals surface area contributed by atoms with Crippen LogP contribution in [0.2, 0.25) is 0 Å². The van der Waals surface area contributed by atoms with E-state index in [0.717, 1.165) is 12.1 Å². The number of amides is 1. The van der Waals surface area contributed by atoms with Crippen LogP contribution in [-0.4, -0.2) is 23.5 Å². The second-order valence-corrected chi connectivity index (χ2v) is 5.07. The quantitative estimate of drug-likeness (QED) is 0.331. The molecule has 7 heteroatoms. The summed E-state index contributed by atoms with van der Waals surface area (Å²) in [5.41, 5.74) is 5.14. The van der Waals surface area contributed by atoms with Crippen molar-refractivity contribution >= 4 is 11.7 Å². The first kappa shape index (κ1) is 15.9. The molecule has 0 unspecified atom stereocenters. The molecule has 0 fully saturated rings. The summed E-state index contributed by atoms with van der Waals surface area (Å²) in [7, 11) is 0. The van der Waals surface area contributed by atoms with Gasteiger partial charge in [0.2, 0.25) is 5.91 Å². The van der Waals surface area contributed by atoms with Crippen LogP contribution in [0.4, 0.5) is 8.78 Å². The molecule has 1 aromatic rings. The molecule has 1 aromatic carbocycles. The fraction of sp³-hybridized carbons (Fsp3) is 0.385. The highest BCUT2D eigenvalue weighted by molar-refractivity contribution is 5.86. The van der Waals surface area contributed by atoms with Crippen LogP contribution in [0.3, 0.4) is 0 Å². The maximum absolute atomic E-state index is 13.0. The number of nitrogens with one attached hydrogen (secondary N) is 1. The Kier molecular flexibility index (Phi) is 5.01. The van der Waals surface area contributed by atoms with Gasteiger partial charge >= 0.3 is 0 Å². The summed E-state index contributed by atoms with van der Waals surface area (Å²) in [6.45, 7) is 3.55. The Morgan fingerprint density at radius 2 is 2.05 bits per heavy atom. The first-order valence-corrected chi connectivity index (χ1v) is 5.95. The molecule has 0 atom stereocenters. The number of nitrogens with zero attached hydrogens (tertiary/aromatic N) is 1. The monoisotopic (exact) mass is 285 g/mol. The van der Waals surface area contributed by atoms with E-state index in [4.69, 9.17) is 10.9 Å². The molecule has 0 saturated heterocycles. The van der Waals surface area contributed by atoms with Gasteiger partial charge in [-0.3, -0.25) is 4.79 Å². The van der Waals surface area contributed by atoms with E-state index in [1.807, 2.05) is 0 Å². The van der Waals surface area contributed by atoms with E-state index >= 15 is 0 Å². The third-order valence-electron chi connectivity index (χ3n) is 2.88. The van der Waals surface area contributed by atoms with Crippen molar-refractivity contribution in [3.63, 3.8) is 0 Å². The highest BCUT2D eigenvalue weighted by Crippen LogP contribution is 2.14. The Balaban J connectivity index is 2.58. The Morgan fingerprint density at radius 3 is 2.60 bits per heavy atom. The van der Waals surface area contributed by atoms with E-state index in [0.29, 0.717) is 5.56 Å². The summed E-state index contributed by atoms with van der Waals surface area (Å²) >= 11 is 0. The van der Waals surface area contributed by atoms with Crippen LogP contribution in [0, 0.1) is 17.0 Å². The summed E-state index contributed by atoms with van der Waals surface area (Å²) in [6, 6.07) is 3.29. The molecule has 1 rings (SSSR count). The molecule has 0 aliphatic carbocycles. The van der Waals surface area contributed by atoms with Gasteiger partial charge in [0.25, 0.3) is 0 Å². The van der Waals surface area contributed by atoms with Crippen molar-refractivity contribution in [2.75, 3.05) is 6.54 Å². The molecule has 0 saturated carbocycles. The van der Waals surface area contributed by atoms with Gasteiger partial charge in [0.1, 0.15) is 5.84 Å². The standard InChI is InChI=1S/C13H17F2N3O2/c1-13(2,12(16)18-20)7-17-11(19)6-8-3-4-9(14)10(15)5-8/h3-5,20H,6-7H2,1-2H3,(H2,16,18)(H,17,19). The molecular formula is C13H17F2N3O2. The zero-order valence-corrected chi connectivity index (χ0v) is 11.3. The minimum absolute atomic E-state index is 0.00868. The minimum Gasteiger partial charge on any atom is -0.409 e. The fourth-order valence-corrected chi connectivity index (χ4v) is 1.44. The van der Waals surface area contributed by atoms with Gasteiger partial charge < -0.3 is 16.3 Å². The fourth-order valence-electron chi connectivity index (χ4n) is 1.44. The SMILES string of the molecule is CC(C)(CNC(=O)Cc1ccc(F)c(F)c1)/C(N)=N/O. The molecule has 5 nitrogen and oxygen atoms in total. The number of benzene rings is 1. The second-order valence-electron chi connectivity index (χ2n) is 5.07. The lowest BCUT2D eigenvalue weighted by Gasteiger charge is -2.23. The normalized spacial score (nSPS) is 12.3. The molecule has 0 aromatic heterocycles. The molecular weight excluding hydrogens is 268 g/mol. The number of carbonyl (C=O) groups is 1. The number of hydrogen-bond acceptors (Lipinski definition) is 3. The number of amidine groups is 1. The van der Waals surface area contributed by atoms with Gasteiger partial charge in [-0.1, -0.05) is 25.1 Å². The van der Waals surface area contributed by atoms with Gasteiger partial charge in [0.15, 0.2) is 11.6 Å². The van der Waals surface area contributed by atoms with Gasteiger partial charge in [0.05, 0.1) is 6.42 Å². The molecule has 20 heavy (non-hydrogen) atoms. The van der Waals surface area contributed by atoms with Crippen molar-refractivity contribution in [2.24, 2.45) is 16.3 Å². The van der Waals surface area contributed by atoms with Crippen molar-refractivity contribution in [3.05, 3.63) is 35.4 Å². The van der Waals surface area contributed by atoms with Crippen molar-refractivity contribution in [1.82, 2.24) is 5.32 Å². The number of carbonyl (C=O) groups excluding carboxylic acids is 1. The summed E-state index contributed by atoms with van der Waals surface area (Å²) in [5, 5.41) is 14.1. The summed E-state index contributed by atoms with van der Waals surface area (Å²) in [6.07, 6.45) is -0.0799. The van der Waals surface area contributed by atoms with Gasteiger partial charge in [0, 0.05) is 12.0 Å². The lowest BCUT2D eigenvalue weighted by atomic mass is 9.92. The predicted molar refractivity (Wildman–Crippen MR) is 70.3 cm³/mol. The average molecular weight is 285 g/mol. The van der Waals surface area contributed by atoms with Gasteiger partial charge in [-0.05, 0) is 17.7 Å². The second kappa shape index (κ2) is 6.31. The number of rotatable bonds is 5. The van der Waals surface area contributed by atoms with Crippen LogP contribution < -0.4 is 11.1 Å². The Labute approximate surface area is 115 Å². The van der Waals surface area contributed by atoms with Crippen molar-refractivity contribution < 1.29 is 18.8 Å². The van der Waals surface area contributed by atoms with E-state index < -0.39 is 17.0 Å². The number of nitrogens with two attached hydrogens (primary N) is 1. The van der Waals surface area contributed by atoms with Crippen molar-refractivity contribution in [2.45, 2.75) is 20.3 Å². The lowest BCUT2D eigenvalue weighted by Crippen LogP contribution is -2.43. The van der Waals surface area contributed by atoms with Crippen LogP contribution in [0.15, 0.2) is 23.4 Å². The van der Waals surface area contributed by atoms with Crippen LogP contribution in [0.1, 0.15) is 19.4 Å². The lowest BCUT2D eigenvalue weighted by molar-refractivity contribution is -0.120. The van der Waals surface area contributed by atoms with Crippen LogP contribution in [0.5, 0.6) is 0 Å².